The van der Waals surface area contributed by atoms with Gasteiger partial charge in [0.15, 0.2) is 0 Å². The first-order valence-electron chi connectivity index (χ1n) is 7.72. The fraction of sp³-hybridized carbons (Fsp3) is 0.588. The average Bonchev–Trinajstić information content (AvgIpc) is 2.40. The molecule has 0 aliphatic heterocycles. The van der Waals surface area contributed by atoms with E-state index in [1.54, 1.807) is 25.1 Å². The molecule has 4 nitrogen and oxygen atoms in total. The molecule has 116 valence electrons. The van der Waals surface area contributed by atoms with E-state index < -0.39 is 0 Å². The first kappa shape index (κ1) is 15.7. The Morgan fingerprint density at radius 2 is 1.90 bits per heavy atom. The molecule has 1 aliphatic carbocycles. The number of esters is 1. The van der Waals surface area contributed by atoms with Gasteiger partial charge in [0.1, 0.15) is 5.75 Å². The van der Waals surface area contributed by atoms with Gasteiger partial charge in [-0.15, -0.1) is 0 Å². The van der Waals surface area contributed by atoms with Crippen LogP contribution in [0.15, 0.2) is 18.2 Å². The van der Waals surface area contributed by atoms with Crippen LogP contribution < -0.4 is 10.5 Å². The lowest BCUT2D eigenvalue weighted by molar-refractivity contribution is 0.0524. The Kier molecular flexibility index (Phi) is 5.10. The second kappa shape index (κ2) is 6.83. The minimum atomic E-state index is -0.340. The van der Waals surface area contributed by atoms with Gasteiger partial charge in [-0.25, -0.2) is 4.79 Å². The SMILES string of the molecule is CCOC(=O)c1ccc(N)c(OC2CC(C)CC(C)C2)c1. The van der Waals surface area contributed by atoms with E-state index in [1.807, 2.05) is 0 Å². The number of hydrogen-bond acceptors (Lipinski definition) is 4. The Morgan fingerprint density at radius 1 is 1.24 bits per heavy atom. The van der Waals surface area contributed by atoms with Crippen molar-refractivity contribution < 1.29 is 14.3 Å². The van der Waals surface area contributed by atoms with Crippen LogP contribution >= 0.6 is 0 Å². The Hall–Kier alpha value is -1.71. The van der Waals surface area contributed by atoms with Crippen molar-refractivity contribution in [3.05, 3.63) is 23.8 Å². The molecule has 1 fully saturated rings. The Labute approximate surface area is 126 Å². The van der Waals surface area contributed by atoms with E-state index in [9.17, 15) is 4.79 Å². The number of carbonyl (C=O) groups excluding carboxylic acids is 1. The molecule has 0 amide bonds. The molecule has 2 atom stereocenters. The molecule has 0 bridgehead atoms. The quantitative estimate of drug-likeness (QED) is 0.679. The van der Waals surface area contributed by atoms with Gasteiger partial charge in [0.2, 0.25) is 0 Å². The number of ether oxygens (including phenoxy) is 2. The molecule has 2 rings (SSSR count). The summed E-state index contributed by atoms with van der Waals surface area (Å²) in [5.41, 5.74) is 7.02. The first-order valence-corrected chi connectivity index (χ1v) is 7.72. The number of nitrogen functional groups attached to an aromatic ring is 1. The molecule has 0 radical (unpaired) electrons. The molecule has 0 aromatic heterocycles. The molecule has 2 N–H and O–H groups in total. The average molecular weight is 291 g/mol. The number of benzene rings is 1. The van der Waals surface area contributed by atoms with Crippen molar-refractivity contribution >= 4 is 11.7 Å². The van der Waals surface area contributed by atoms with Crippen LogP contribution in [0, 0.1) is 11.8 Å². The number of hydrogen-bond donors (Lipinski definition) is 1. The fourth-order valence-electron chi connectivity index (χ4n) is 3.13. The molecule has 1 aliphatic rings. The second-order valence-electron chi connectivity index (χ2n) is 6.13. The fourth-order valence-corrected chi connectivity index (χ4v) is 3.13. The van der Waals surface area contributed by atoms with E-state index in [2.05, 4.69) is 13.8 Å². The third-order valence-electron chi connectivity index (χ3n) is 3.95. The van der Waals surface area contributed by atoms with Gasteiger partial charge in [0, 0.05) is 0 Å². The molecular weight excluding hydrogens is 266 g/mol. The lowest BCUT2D eigenvalue weighted by Gasteiger charge is -2.32. The van der Waals surface area contributed by atoms with Gasteiger partial charge in [0.25, 0.3) is 0 Å². The van der Waals surface area contributed by atoms with Crippen LogP contribution in [-0.4, -0.2) is 18.7 Å². The van der Waals surface area contributed by atoms with E-state index >= 15 is 0 Å². The van der Waals surface area contributed by atoms with Crippen LogP contribution in [0.2, 0.25) is 0 Å². The predicted molar refractivity (Wildman–Crippen MR) is 83.4 cm³/mol. The minimum Gasteiger partial charge on any atom is -0.488 e. The van der Waals surface area contributed by atoms with Gasteiger partial charge in [-0.2, -0.15) is 0 Å². The Bertz CT molecular complexity index is 491. The number of nitrogens with two attached hydrogens (primary N) is 1. The summed E-state index contributed by atoms with van der Waals surface area (Å²) in [6.07, 6.45) is 3.49. The van der Waals surface area contributed by atoms with E-state index in [1.165, 1.54) is 6.42 Å². The molecular formula is C17H25NO3. The van der Waals surface area contributed by atoms with E-state index in [4.69, 9.17) is 15.2 Å². The number of rotatable bonds is 4. The summed E-state index contributed by atoms with van der Waals surface area (Å²) in [5.74, 6) is 1.57. The van der Waals surface area contributed by atoms with Crippen molar-refractivity contribution in [3.8, 4) is 5.75 Å². The van der Waals surface area contributed by atoms with Gasteiger partial charge in [-0.05, 0) is 56.2 Å². The summed E-state index contributed by atoms with van der Waals surface area (Å²) in [6, 6.07) is 5.07. The summed E-state index contributed by atoms with van der Waals surface area (Å²) in [6.45, 7) is 6.66. The lowest BCUT2D eigenvalue weighted by Crippen LogP contribution is -2.28. The second-order valence-corrected chi connectivity index (χ2v) is 6.13. The van der Waals surface area contributed by atoms with Crippen LogP contribution in [0.4, 0.5) is 5.69 Å². The predicted octanol–water partition coefficient (Wildman–Crippen LogP) is 3.65. The van der Waals surface area contributed by atoms with Crippen molar-refractivity contribution in [3.63, 3.8) is 0 Å². The highest BCUT2D eigenvalue weighted by Crippen LogP contribution is 2.33. The highest BCUT2D eigenvalue weighted by molar-refractivity contribution is 5.90. The first-order chi connectivity index (χ1) is 9.99. The van der Waals surface area contributed by atoms with Crippen LogP contribution in [0.3, 0.4) is 0 Å². The van der Waals surface area contributed by atoms with Crippen molar-refractivity contribution in [2.75, 3.05) is 12.3 Å². The maximum absolute atomic E-state index is 11.8. The van der Waals surface area contributed by atoms with E-state index in [-0.39, 0.29) is 12.1 Å². The third-order valence-corrected chi connectivity index (χ3v) is 3.95. The summed E-state index contributed by atoms with van der Waals surface area (Å²) >= 11 is 0. The van der Waals surface area contributed by atoms with Crippen LogP contribution in [0.5, 0.6) is 5.75 Å². The maximum Gasteiger partial charge on any atom is 0.338 e. The zero-order valence-corrected chi connectivity index (χ0v) is 13.1. The Morgan fingerprint density at radius 3 is 2.52 bits per heavy atom. The summed E-state index contributed by atoms with van der Waals surface area (Å²) < 4.78 is 11.1. The molecule has 0 spiro atoms. The molecule has 21 heavy (non-hydrogen) atoms. The summed E-state index contributed by atoms with van der Waals surface area (Å²) in [7, 11) is 0. The van der Waals surface area contributed by atoms with E-state index in [0.717, 1.165) is 12.8 Å². The normalized spacial score (nSPS) is 25.4. The van der Waals surface area contributed by atoms with E-state index in [0.29, 0.717) is 35.4 Å². The molecule has 0 saturated heterocycles. The van der Waals surface area contributed by atoms with Crippen molar-refractivity contribution in [1.29, 1.82) is 0 Å². The van der Waals surface area contributed by atoms with Crippen molar-refractivity contribution in [2.45, 2.75) is 46.1 Å². The van der Waals surface area contributed by atoms with Gasteiger partial charge in [-0.1, -0.05) is 13.8 Å². The van der Waals surface area contributed by atoms with Crippen molar-refractivity contribution in [2.24, 2.45) is 11.8 Å². The minimum absolute atomic E-state index is 0.170. The highest BCUT2D eigenvalue weighted by Gasteiger charge is 2.26. The Balaban J connectivity index is 2.11. The van der Waals surface area contributed by atoms with Crippen LogP contribution in [0.1, 0.15) is 50.4 Å². The van der Waals surface area contributed by atoms with Gasteiger partial charge < -0.3 is 15.2 Å². The zero-order chi connectivity index (χ0) is 15.4. The third kappa shape index (κ3) is 4.13. The lowest BCUT2D eigenvalue weighted by atomic mass is 9.82. The van der Waals surface area contributed by atoms with Crippen LogP contribution in [-0.2, 0) is 4.74 Å². The highest BCUT2D eigenvalue weighted by atomic mass is 16.5. The molecule has 1 aromatic rings. The number of carbonyl (C=O) groups is 1. The molecule has 2 unspecified atom stereocenters. The van der Waals surface area contributed by atoms with Gasteiger partial charge in [0.05, 0.1) is 24.0 Å². The van der Waals surface area contributed by atoms with Gasteiger partial charge in [-0.3, -0.25) is 0 Å². The molecule has 0 heterocycles. The summed E-state index contributed by atoms with van der Waals surface area (Å²) in [4.78, 5) is 11.8. The smallest absolute Gasteiger partial charge is 0.338 e. The summed E-state index contributed by atoms with van der Waals surface area (Å²) in [5, 5.41) is 0. The number of anilines is 1. The largest absolute Gasteiger partial charge is 0.488 e. The molecule has 1 aromatic carbocycles. The van der Waals surface area contributed by atoms with Gasteiger partial charge >= 0.3 is 5.97 Å². The van der Waals surface area contributed by atoms with Crippen LogP contribution in [0.25, 0.3) is 0 Å². The zero-order valence-electron chi connectivity index (χ0n) is 13.1. The van der Waals surface area contributed by atoms with Crippen molar-refractivity contribution in [1.82, 2.24) is 0 Å². The molecule has 1 saturated carbocycles. The topological polar surface area (TPSA) is 61.5 Å². The standard InChI is InChI=1S/C17H25NO3/c1-4-20-17(19)13-5-6-15(18)16(10-13)21-14-8-11(2)7-12(3)9-14/h5-6,10-12,14H,4,7-9,18H2,1-3H3. The molecule has 4 heteroatoms. The monoisotopic (exact) mass is 291 g/mol. The maximum atomic E-state index is 11.8.